The molecule has 4 nitrogen and oxygen atoms in total. The highest BCUT2D eigenvalue weighted by molar-refractivity contribution is 5.82. The fourth-order valence-corrected chi connectivity index (χ4v) is 3.76. The normalized spacial score (nSPS) is 32.9. The van der Waals surface area contributed by atoms with E-state index in [2.05, 4.69) is 24.5 Å². The van der Waals surface area contributed by atoms with Crippen LogP contribution in [0.25, 0.3) is 0 Å². The summed E-state index contributed by atoms with van der Waals surface area (Å²) in [5, 5.41) is 6.52. The molecule has 1 aliphatic heterocycles. The van der Waals surface area contributed by atoms with Gasteiger partial charge in [-0.1, -0.05) is 13.8 Å². The third kappa shape index (κ3) is 2.65. The van der Waals surface area contributed by atoms with Crippen LogP contribution in [0, 0.1) is 5.41 Å². The van der Waals surface area contributed by atoms with Gasteiger partial charge in [-0.3, -0.25) is 4.79 Å². The summed E-state index contributed by atoms with van der Waals surface area (Å²) in [7, 11) is 0. The number of hydrogen-bond acceptors (Lipinski definition) is 3. The van der Waals surface area contributed by atoms with E-state index in [1.165, 1.54) is 0 Å². The molecule has 110 valence electrons. The van der Waals surface area contributed by atoms with Crippen LogP contribution in [0.3, 0.4) is 0 Å². The van der Waals surface area contributed by atoms with E-state index in [1.54, 1.807) is 0 Å². The first-order valence-corrected chi connectivity index (χ1v) is 7.83. The van der Waals surface area contributed by atoms with Crippen LogP contribution in [-0.2, 0) is 9.53 Å². The van der Waals surface area contributed by atoms with Crippen molar-refractivity contribution >= 4 is 5.91 Å². The van der Waals surface area contributed by atoms with Gasteiger partial charge >= 0.3 is 0 Å². The summed E-state index contributed by atoms with van der Waals surface area (Å²) >= 11 is 0. The molecule has 0 spiro atoms. The molecule has 0 radical (unpaired) electrons. The maximum atomic E-state index is 12.2. The molecule has 2 aliphatic rings. The van der Waals surface area contributed by atoms with Crippen molar-refractivity contribution in [2.75, 3.05) is 13.2 Å². The first kappa shape index (κ1) is 14.8. The van der Waals surface area contributed by atoms with Gasteiger partial charge in [-0.25, -0.2) is 0 Å². The molecule has 0 aromatic rings. The quantitative estimate of drug-likeness (QED) is 0.773. The van der Waals surface area contributed by atoms with Crippen LogP contribution < -0.4 is 10.6 Å². The minimum Gasteiger partial charge on any atom is -0.378 e. The summed E-state index contributed by atoms with van der Waals surface area (Å²) in [5.74, 6) is 0.184. The van der Waals surface area contributed by atoms with Gasteiger partial charge < -0.3 is 15.4 Å². The summed E-state index contributed by atoms with van der Waals surface area (Å²) in [4.78, 5) is 12.2. The van der Waals surface area contributed by atoms with Gasteiger partial charge in [0.15, 0.2) is 0 Å². The van der Waals surface area contributed by atoms with Crippen molar-refractivity contribution in [3.63, 3.8) is 0 Å². The van der Waals surface area contributed by atoms with Crippen molar-refractivity contribution in [3.05, 3.63) is 0 Å². The number of rotatable bonds is 6. The summed E-state index contributed by atoms with van der Waals surface area (Å²) in [5.41, 5.74) is 0.143. The monoisotopic (exact) mass is 268 g/mol. The van der Waals surface area contributed by atoms with Gasteiger partial charge in [0, 0.05) is 18.1 Å². The van der Waals surface area contributed by atoms with Crippen LogP contribution in [0.1, 0.15) is 52.9 Å². The third-order valence-electron chi connectivity index (χ3n) is 5.16. The van der Waals surface area contributed by atoms with E-state index < -0.39 is 0 Å². The molecule has 4 heteroatoms. The molecule has 2 N–H and O–H groups in total. The smallest absolute Gasteiger partial charge is 0.237 e. The second-order valence-electron chi connectivity index (χ2n) is 5.83. The zero-order valence-electron chi connectivity index (χ0n) is 12.5. The van der Waals surface area contributed by atoms with E-state index in [0.29, 0.717) is 6.10 Å². The van der Waals surface area contributed by atoms with Crippen LogP contribution in [-0.4, -0.2) is 37.2 Å². The molecule has 0 aromatic carbocycles. The molecule has 1 saturated heterocycles. The number of amides is 1. The highest BCUT2D eigenvalue weighted by atomic mass is 16.5. The van der Waals surface area contributed by atoms with Gasteiger partial charge in [0.1, 0.15) is 0 Å². The maximum absolute atomic E-state index is 12.2. The summed E-state index contributed by atoms with van der Waals surface area (Å²) < 4.78 is 5.85. The second-order valence-corrected chi connectivity index (χ2v) is 5.83. The van der Waals surface area contributed by atoms with Crippen molar-refractivity contribution in [3.8, 4) is 0 Å². The summed E-state index contributed by atoms with van der Waals surface area (Å²) in [6, 6.07) is 0.312. The highest BCUT2D eigenvalue weighted by Crippen LogP contribution is 2.48. The molecule has 0 bridgehead atoms. The summed E-state index contributed by atoms with van der Waals surface area (Å²) in [6.07, 6.45) is 5.49. The van der Waals surface area contributed by atoms with E-state index in [0.717, 1.165) is 45.3 Å². The Morgan fingerprint density at radius 1 is 1.37 bits per heavy atom. The SMILES string of the molecule is CCOC1CC(NC(=O)C2CCCN2)C1(CC)CC. The number of ether oxygens (including phenoxy) is 1. The molecule has 3 atom stereocenters. The van der Waals surface area contributed by atoms with Gasteiger partial charge in [0.25, 0.3) is 0 Å². The first-order chi connectivity index (χ1) is 9.17. The molecule has 1 aliphatic carbocycles. The third-order valence-corrected chi connectivity index (χ3v) is 5.16. The van der Waals surface area contributed by atoms with E-state index in [4.69, 9.17) is 4.74 Å². The molecule has 1 heterocycles. The Balaban J connectivity index is 1.94. The Labute approximate surface area is 116 Å². The van der Waals surface area contributed by atoms with E-state index in [-0.39, 0.29) is 23.4 Å². The predicted octanol–water partition coefficient (Wildman–Crippen LogP) is 1.84. The molecular weight excluding hydrogens is 240 g/mol. The van der Waals surface area contributed by atoms with Crippen molar-refractivity contribution in [1.82, 2.24) is 10.6 Å². The minimum atomic E-state index is 0.0255. The molecule has 1 saturated carbocycles. The lowest BCUT2D eigenvalue weighted by Gasteiger charge is -2.55. The highest BCUT2D eigenvalue weighted by Gasteiger charge is 2.54. The lowest BCUT2D eigenvalue weighted by Crippen LogP contribution is -2.65. The van der Waals surface area contributed by atoms with Crippen LogP contribution in [0.15, 0.2) is 0 Å². The van der Waals surface area contributed by atoms with E-state index in [1.807, 2.05) is 6.92 Å². The Hall–Kier alpha value is -0.610. The van der Waals surface area contributed by atoms with E-state index >= 15 is 0 Å². The number of nitrogens with one attached hydrogen (secondary N) is 2. The first-order valence-electron chi connectivity index (χ1n) is 7.83. The number of carbonyl (C=O) groups excluding carboxylic acids is 1. The predicted molar refractivity (Wildman–Crippen MR) is 76.0 cm³/mol. The molecule has 3 unspecified atom stereocenters. The fraction of sp³-hybridized carbons (Fsp3) is 0.933. The number of carbonyl (C=O) groups is 1. The number of hydrogen-bond donors (Lipinski definition) is 2. The van der Waals surface area contributed by atoms with Crippen molar-refractivity contribution in [1.29, 1.82) is 0 Å². The molecular formula is C15H28N2O2. The standard InChI is InChI=1S/C15H28N2O2/c1-4-15(5-2)12(10-13(15)19-6-3)17-14(18)11-8-7-9-16-11/h11-13,16H,4-10H2,1-3H3,(H,17,18). The molecule has 1 amide bonds. The van der Waals surface area contributed by atoms with Crippen LogP contribution in [0.2, 0.25) is 0 Å². The molecule has 2 fully saturated rings. The van der Waals surface area contributed by atoms with Crippen LogP contribution in [0.5, 0.6) is 0 Å². The summed E-state index contributed by atoms with van der Waals surface area (Å²) in [6.45, 7) is 8.20. The second kappa shape index (κ2) is 6.23. The average Bonchev–Trinajstić information content (AvgIpc) is 2.93. The lowest BCUT2D eigenvalue weighted by atomic mass is 9.58. The fourth-order valence-electron chi connectivity index (χ4n) is 3.76. The Morgan fingerprint density at radius 3 is 2.63 bits per heavy atom. The van der Waals surface area contributed by atoms with Crippen molar-refractivity contribution < 1.29 is 9.53 Å². The van der Waals surface area contributed by atoms with Gasteiger partial charge in [0.05, 0.1) is 12.1 Å². The van der Waals surface area contributed by atoms with Crippen molar-refractivity contribution in [2.24, 2.45) is 5.41 Å². The zero-order chi connectivity index (χ0) is 13.9. The molecule has 19 heavy (non-hydrogen) atoms. The van der Waals surface area contributed by atoms with Gasteiger partial charge in [-0.15, -0.1) is 0 Å². The largest absolute Gasteiger partial charge is 0.378 e. The van der Waals surface area contributed by atoms with Gasteiger partial charge in [-0.05, 0) is 45.6 Å². The Morgan fingerprint density at radius 2 is 2.11 bits per heavy atom. The van der Waals surface area contributed by atoms with Crippen molar-refractivity contribution in [2.45, 2.75) is 71.1 Å². The Kier molecular flexibility index (Phi) is 4.85. The van der Waals surface area contributed by atoms with Gasteiger partial charge in [-0.2, -0.15) is 0 Å². The zero-order valence-corrected chi connectivity index (χ0v) is 12.5. The minimum absolute atomic E-state index is 0.0255. The van der Waals surface area contributed by atoms with E-state index in [9.17, 15) is 4.79 Å². The molecule has 2 rings (SSSR count). The lowest BCUT2D eigenvalue weighted by molar-refractivity contribution is -0.149. The Bertz CT molecular complexity index is 309. The van der Waals surface area contributed by atoms with Gasteiger partial charge in [0.2, 0.25) is 5.91 Å². The molecule has 0 aromatic heterocycles. The van der Waals surface area contributed by atoms with Crippen LogP contribution in [0.4, 0.5) is 0 Å². The van der Waals surface area contributed by atoms with Crippen LogP contribution >= 0.6 is 0 Å². The average molecular weight is 268 g/mol. The maximum Gasteiger partial charge on any atom is 0.237 e. The topological polar surface area (TPSA) is 50.4 Å².